The molecule has 0 aromatic rings. The van der Waals surface area contributed by atoms with Crippen LogP contribution < -0.4 is 5.73 Å². The molecule has 0 radical (unpaired) electrons. The molecule has 0 aliphatic rings. The molecule has 0 fully saturated rings. The van der Waals surface area contributed by atoms with Crippen LogP contribution in [0.15, 0.2) is 0 Å². The molecule has 0 aromatic carbocycles. The lowest BCUT2D eigenvalue weighted by atomic mass is 10.2. The monoisotopic (exact) mass is 173 g/mol. The van der Waals surface area contributed by atoms with E-state index in [1.54, 1.807) is 13.8 Å². The van der Waals surface area contributed by atoms with Gasteiger partial charge in [0, 0.05) is 0 Å². The molecule has 2 N–H and O–H groups in total. The minimum absolute atomic E-state index is 0.0215. The normalized spacial score (nSPS) is 12.8. The molecule has 1 atom stereocenters. The number of ether oxygens (including phenoxy) is 1. The van der Waals surface area contributed by atoms with Crippen LogP contribution in [-0.4, -0.2) is 24.4 Å². The molecule has 0 unspecified atom stereocenters. The van der Waals surface area contributed by atoms with E-state index in [1.165, 1.54) is 6.92 Å². The van der Waals surface area contributed by atoms with Crippen LogP contribution in [-0.2, 0) is 14.3 Å². The van der Waals surface area contributed by atoms with Crippen molar-refractivity contribution < 1.29 is 14.3 Å². The van der Waals surface area contributed by atoms with Crippen molar-refractivity contribution in [1.29, 1.82) is 0 Å². The van der Waals surface area contributed by atoms with Crippen molar-refractivity contribution in [1.82, 2.24) is 0 Å². The maximum atomic E-state index is 10.9. The number of hydrogen-bond acceptors (Lipinski definition) is 4. The summed E-state index contributed by atoms with van der Waals surface area (Å²) in [6, 6.07) is -0.687. The second-order valence-corrected chi connectivity index (χ2v) is 3.00. The third kappa shape index (κ3) is 4.08. The summed E-state index contributed by atoms with van der Waals surface area (Å²) < 4.78 is 4.74. The molecule has 0 aromatic heterocycles. The van der Waals surface area contributed by atoms with Gasteiger partial charge in [-0.1, -0.05) is 13.8 Å². The van der Waals surface area contributed by atoms with Crippen molar-refractivity contribution in [3.63, 3.8) is 0 Å². The van der Waals surface area contributed by atoms with E-state index in [-0.39, 0.29) is 24.3 Å². The Bertz CT molecular complexity index is 177. The standard InChI is InChI=1S/C8H15NO3/c1-5(2)8(11)12-4-7(9)6(3)10/h5,7H,4,9H2,1-3H3/t7-/m0/s1. The van der Waals surface area contributed by atoms with E-state index in [9.17, 15) is 9.59 Å². The van der Waals surface area contributed by atoms with E-state index in [2.05, 4.69) is 0 Å². The lowest BCUT2D eigenvalue weighted by Gasteiger charge is -2.10. The summed E-state index contributed by atoms with van der Waals surface area (Å²) in [6.07, 6.45) is 0. The van der Waals surface area contributed by atoms with Gasteiger partial charge in [-0.15, -0.1) is 0 Å². The van der Waals surface area contributed by atoms with Crippen LogP contribution >= 0.6 is 0 Å². The Hall–Kier alpha value is -0.900. The number of carbonyl (C=O) groups excluding carboxylic acids is 2. The summed E-state index contributed by atoms with van der Waals surface area (Å²) in [5.74, 6) is -0.678. The molecule has 0 amide bonds. The van der Waals surface area contributed by atoms with E-state index in [1.807, 2.05) is 0 Å². The van der Waals surface area contributed by atoms with Crippen molar-refractivity contribution >= 4 is 11.8 Å². The molecule has 0 spiro atoms. The lowest BCUT2D eigenvalue weighted by molar-refractivity contribution is -0.148. The smallest absolute Gasteiger partial charge is 0.308 e. The average molecular weight is 173 g/mol. The highest BCUT2D eigenvalue weighted by atomic mass is 16.5. The van der Waals surface area contributed by atoms with Crippen LogP contribution in [0, 0.1) is 5.92 Å². The second kappa shape index (κ2) is 4.87. The van der Waals surface area contributed by atoms with Crippen LogP contribution in [0.5, 0.6) is 0 Å². The summed E-state index contributed by atoms with van der Waals surface area (Å²) in [5.41, 5.74) is 5.34. The van der Waals surface area contributed by atoms with Gasteiger partial charge >= 0.3 is 5.97 Å². The van der Waals surface area contributed by atoms with Gasteiger partial charge in [0.15, 0.2) is 0 Å². The number of carbonyl (C=O) groups is 2. The summed E-state index contributed by atoms with van der Waals surface area (Å²) >= 11 is 0. The van der Waals surface area contributed by atoms with Crippen LogP contribution in [0.25, 0.3) is 0 Å². The highest BCUT2D eigenvalue weighted by molar-refractivity contribution is 5.81. The fourth-order valence-corrected chi connectivity index (χ4v) is 0.456. The first-order valence-electron chi connectivity index (χ1n) is 3.87. The fourth-order valence-electron chi connectivity index (χ4n) is 0.456. The first-order valence-corrected chi connectivity index (χ1v) is 3.87. The molecule has 0 bridgehead atoms. The van der Waals surface area contributed by atoms with E-state index in [0.29, 0.717) is 0 Å². The molecular weight excluding hydrogens is 158 g/mol. The first kappa shape index (κ1) is 11.1. The number of esters is 1. The Balaban J connectivity index is 3.69. The third-order valence-electron chi connectivity index (χ3n) is 1.40. The largest absolute Gasteiger partial charge is 0.463 e. The number of rotatable bonds is 4. The maximum Gasteiger partial charge on any atom is 0.308 e. The summed E-state index contributed by atoms with van der Waals surface area (Å²) in [7, 11) is 0. The topological polar surface area (TPSA) is 69.4 Å². The second-order valence-electron chi connectivity index (χ2n) is 3.00. The molecule has 12 heavy (non-hydrogen) atoms. The van der Waals surface area contributed by atoms with Gasteiger partial charge in [-0.3, -0.25) is 9.59 Å². The molecule has 0 saturated carbocycles. The van der Waals surface area contributed by atoms with Gasteiger partial charge in [-0.2, -0.15) is 0 Å². The van der Waals surface area contributed by atoms with Crippen LogP contribution in [0.4, 0.5) is 0 Å². The lowest BCUT2D eigenvalue weighted by Crippen LogP contribution is -2.34. The van der Waals surface area contributed by atoms with Gasteiger partial charge in [0.1, 0.15) is 12.4 Å². The van der Waals surface area contributed by atoms with Gasteiger partial charge < -0.3 is 10.5 Å². The minimum atomic E-state index is -0.687. The van der Waals surface area contributed by atoms with Gasteiger partial charge in [0.2, 0.25) is 0 Å². The van der Waals surface area contributed by atoms with Gasteiger partial charge in [-0.05, 0) is 6.92 Å². The van der Waals surface area contributed by atoms with Crippen molar-refractivity contribution in [2.24, 2.45) is 11.7 Å². The molecule has 4 nitrogen and oxygen atoms in total. The zero-order valence-electron chi connectivity index (χ0n) is 7.66. The SMILES string of the molecule is CC(=O)[C@@H](N)COC(=O)C(C)C. The predicted octanol–water partition coefficient (Wildman–Crippen LogP) is 0.102. The molecule has 0 rings (SSSR count). The Morgan fingerprint density at radius 3 is 2.25 bits per heavy atom. The van der Waals surface area contributed by atoms with Crippen molar-refractivity contribution in [2.75, 3.05) is 6.61 Å². The maximum absolute atomic E-state index is 10.9. The summed E-state index contributed by atoms with van der Waals surface area (Å²) in [4.78, 5) is 21.5. The number of Topliss-reactive ketones (excluding diaryl/α,β-unsaturated/α-hetero) is 1. The Morgan fingerprint density at radius 1 is 1.42 bits per heavy atom. The molecule has 4 heteroatoms. The quantitative estimate of drug-likeness (QED) is 0.612. The highest BCUT2D eigenvalue weighted by Gasteiger charge is 2.13. The summed E-state index contributed by atoms with van der Waals surface area (Å²) in [6.45, 7) is 4.80. The Morgan fingerprint density at radius 2 is 1.92 bits per heavy atom. The van der Waals surface area contributed by atoms with Crippen molar-refractivity contribution in [3.05, 3.63) is 0 Å². The molecule has 70 valence electrons. The van der Waals surface area contributed by atoms with E-state index >= 15 is 0 Å². The highest BCUT2D eigenvalue weighted by Crippen LogP contribution is 1.96. The predicted molar refractivity (Wildman–Crippen MR) is 44.5 cm³/mol. The molecule has 0 aliphatic carbocycles. The zero-order valence-corrected chi connectivity index (χ0v) is 7.66. The number of ketones is 1. The first-order chi connectivity index (χ1) is 5.45. The van der Waals surface area contributed by atoms with Crippen LogP contribution in [0.3, 0.4) is 0 Å². The number of hydrogen-bond donors (Lipinski definition) is 1. The third-order valence-corrected chi connectivity index (χ3v) is 1.40. The zero-order chi connectivity index (χ0) is 9.72. The molecule has 0 saturated heterocycles. The minimum Gasteiger partial charge on any atom is -0.463 e. The van der Waals surface area contributed by atoms with Gasteiger partial charge in [-0.25, -0.2) is 0 Å². The van der Waals surface area contributed by atoms with Crippen LogP contribution in [0.2, 0.25) is 0 Å². The average Bonchev–Trinajstić information content (AvgIpc) is 1.98. The van der Waals surface area contributed by atoms with Crippen LogP contribution in [0.1, 0.15) is 20.8 Å². The Labute approximate surface area is 72.1 Å². The van der Waals surface area contributed by atoms with Crippen molar-refractivity contribution in [2.45, 2.75) is 26.8 Å². The Kier molecular flexibility index (Phi) is 4.51. The summed E-state index contributed by atoms with van der Waals surface area (Å²) in [5, 5.41) is 0. The van der Waals surface area contributed by atoms with E-state index in [0.717, 1.165) is 0 Å². The van der Waals surface area contributed by atoms with Crippen molar-refractivity contribution in [3.8, 4) is 0 Å². The number of nitrogens with two attached hydrogens (primary N) is 1. The molecule has 0 aliphatic heterocycles. The fraction of sp³-hybridized carbons (Fsp3) is 0.750. The molecular formula is C8H15NO3. The van der Waals surface area contributed by atoms with E-state index in [4.69, 9.17) is 10.5 Å². The molecule has 0 heterocycles. The van der Waals surface area contributed by atoms with E-state index < -0.39 is 6.04 Å². The van der Waals surface area contributed by atoms with Gasteiger partial charge in [0.05, 0.1) is 12.0 Å². The van der Waals surface area contributed by atoms with Gasteiger partial charge in [0.25, 0.3) is 0 Å².